The van der Waals surface area contributed by atoms with Gasteiger partial charge in [0.25, 0.3) is 0 Å². The molecule has 0 bridgehead atoms. The van der Waals surface area contributed by atoms with Crippen LogP contribution in [0.25, 0.3) is 0 Å². The van der Waals surface area contributed by atoms with E-state index in [2.05, 4.69) is 21.9 Å². The normalized spacial score (nSPS) is 21.1. The molecule has 2 aliphatic rings. The number of rotatable bonds is 3. The van der Waals surface area contributed by atoms with Gasteiger partial charge in [-0.2, -0.15) is 0 Å². The number of halogens is 2. The maximum atomic E-state index is 13.4. The molecule has 0 unspecified atom stereocenters. The van der Waals surface area contributed by atoms with Gasteiger partial charge in [-0.15, -0.1) is 0 Å². The van der Waals surface area contributed by atoms with E-state index < -0.39 is 5.83 Å². The predicted octanol–water partition coefficient (Wildman–Crippen LogP) is 4.08. The van der Waals surface area contributed by atoms with Crippen LogP contribution in [0.3, 0.4) is 0 Å². The molecule has 1 aliphatic heterocycles. The van der Waals surface area contributed by atoms with Crippen molar-refractivity contribution in [2.75, 3.05) is 13.6 Å². The number of thioether (sulfide) groups is 1. The Kier molecular flexibility index (Phi) is 5.59. The number of hydrogen-bond donors (Lipinski definition) is 1. The van der Waals surface area contributed by atoms with Crippen LogP contribution in [0.2, 0.25) is 0 Å². The lowest BCUT2D eigenvalue weighted by Gasteiger charge is -2.09. The standard InChI is InChI=1S/C15H15ClFN3S/c1-3-11-14(18-2)19-8-9-20-15(11)21-10-4-6-12(16)13(17)7-5-10/h3,5-7,9H,1,4,8H2,2H3,(H,18,19). The van der Waals surface area contributed by atoms with Crippen molar-refractivity contribution in [1.29, 1.82) is 0 Å². The lowest BCUT2D eigenvalue weighted by Crippen LogP contribution is -2.25. The molecule has 0 amide bonds. The van der Waals surface area contributed by atoms with Crippen molar-refractivity contribution >= 4 is 35.4 Å². The maximum Gasteiger partial charge on any atom is 0.141 e. The van der Waals surface area contributed by atoms with E-state index in [0.717, 1.165) is 21.3 Å². The zero-order chi connectivity index (χ0) is 15.2. The Morgan fingerprint density at radius 2 is 2.33 bits per heavy atom. The zero-order valence-electron chi connectivity index (χ0n) is 11.6. The molecular weight excluding hydrogens is 309 g/mol. The van der Waals surface area contributed by atoms with E-state index >= 15 is 0 Å². The first kappa shape index (κ1) is 15.8. The number of hydrogen-bond acceptors (Lipinski definition) is 3. The first-order chi connectivity index (χ1) is 10.2. The summed E-state index contributed by atoms with van der Waals surface area (Å²) >= 11 is 7.26. The molecule has 21 heavy (non-hydrogen) atoms. The van der Waals surface area contributed by atoms with E-state index in [9.17, 15) is 4.39 Å². The quantitative estimate of drug-likeness (QED) is 0.849. The first-order valence-corrected chi connectivity index (χ1v) is 7.55. The van der Waals surface area contributed by atoms with Gasteiger partial charge in [-0.1, -0.05) is 42.1 Å². The van der Waals surface area contributed by atoms with Crippen LogP contribution >= 0.6 is 23.4 Å². The molecule has 1 heterocycles. The molecule has 0 saturated carbocycles. The van der Waals surface area contributed by atoms with Gasteiger partial charge in [0.1, 0.15) is 16.7 Å². The number of nitrogens with one attached hydrogen (secondary N) is 1. The molecular formula is C15H15ClFN3S. The SMILES string of the molecule is C=CC1=C(SC2=CC=C(F)C(Cl)=CC2)N=CCNC1=NC. The molecule has 110 valence electrons. The molecule has 0 aromatic rings. The first-order valence-electron chi connectivity index (χ1n) is 6.36. The summed E-state index contributed by atoms with van der Waals surface area (Å²) in [5.41, 5.74) is 0.834. The van der Waals surface area contributed by atoms with Crippen LogP contribution in [0, 0.1) is 0 Å². The van der Waals surface area contributed by atoms with Crippen molar-refractivity contribution in [3.8, 4) is 0 Å². The molecule has 1 N–H and O–H groups in total. The highest BCUT2D eigenvalue weighted by Gasteiger charge is 2.15. The van der Waals surface area contributed by atoms with Gasteiger partial charge in [0.15, 0.2) is 0 Å². The van der Waals surface area contributed by atoms with Gasteiger partial charge < -0.3 is 5.32 Å². The highest BCUT2D eigenvalue weighted by molar-refractivity contribution is 8.06. The third kappa shape index (κ3) is 3.95. The second kappa shape index (κ2) is 7.43. The molecule has 0 saturated heterocycles. The van der Waals surface area contributed by atoms with Crippen molar-refractivity contribution in [2.24, 2.45) is 9.98 Å². The van der Waals surface area contributed by atoms with Gasteiger partial charge in [-0.05, 0) is 23.5 Å². The third-order valence-corrected chi connectivity index (χ3v) is 4.25. The van der Waals surface area contributed by atoms with Gasteiger partial charge in [-0.25, -0.2) is 4.39 Å². The number of aliphatic imine (C=N–C) groups is 2. The number of allylic oxidation sites excluding steroid dienone is 6. The Morgan fingerprint density at radius 1 is 1.52 bits per heavy atom. The van der Waals surface area contributed by atoms with Crippen molar-refractivity contribution in [1.82, 2.24) is 5.32 Å². The minimum Gasteiger partial charge on any atom is -0.365 e. The largest absolute Gasteiger partial charge is 0.365 e. The summed E-state index contributed by atoms with van der Waals surface area (Å²) in [5, 5.41) is 4.08. The van der Waals surface area contributed by atoms with Crippen LogP contribution < -0.4 is 5.32 Å². The molecule has 0 spiro atoms. The monoisotopic (exact) mass is 323 g/mol. The Morgan fingerprint density at radius 3 is 3.05 bits per heavy atom. The Balaban J connectivity index is 2.32. The molecule has 0 aromatic carbocycles. The maximum absolute atomic E-state index is 13.4. The molecule has 0 atom stereocenters. The fraction of sp³-hybridized carbons (Fsp3) is 0.200. The molecule has 1 aliphatic carbocycles. The van der Waals surface area contributed by atoms with Crippen LogP contribution in [0.4, 0.5) is 4.39 Å². The second-order valence-corrected chi connectivity index (χ2v) is 5.72. The number of nitrogens with zero attached hydrogens (tertiary/aromatic N) is 2. The highest BCUT2D eigenvalue weighted by atomic mass is 35.5. The van der Waals surface area contributed by atoms with Crippen LogP contribution in [-0.4, -0.2) is 25.6 Å². The lowest BCUT2D eigenvalue weighted by molar-refractivity contribution is 0.662. The van der Waals surface area contributed by atoms with E-state index in [-0.39, 0.29) is 5.03 Å². The fourth-order valence-electron chi connectivity index (χ4n) is 1.80. The van der Waals surface area contributed by atoms with Gasteiger partial charge >= 0.3 is 0 Å². The minimum atomic E-state index is -0.424. The topological polar surface area (TPSA) is 36.8 Å². The highest BCUT2D eigenvalue weighted by Crippen LogP contribution is 2.35. The summed E-state index contributed by atoms with van der Waals surface area (Å²) < 4.78 is 13.4. The molecule has 0 fully saturated rings. The van der Waals surface area contributed by atoms with Gasteiger partial charge in [0.05, 0.1) is 11.6 Å². The van der Waals surface area contributed by atoms with E-state index in [1.165, 1.54) is 17.8 Å². The van der Waals surface area contributed by atoms with E-state index in [1.54, 1.807) is 31.5 Å². The summed E-state index contributed by atoms with van der Waals surface area (Å²) in [6, 6.07) is 0. The number of amidine groups is 1. The van der Waals surface area contributed by atoms with Crippen molar-refractivity contribution in [3.63, 3.8) is 0 Å². The fourth-order valence-corrected chi connectivity index (χ4v) is 2.91. The van der Waals surface area contributed by atoms with Crippen LogP contribution in [0.1, 0.15) is 6.42 Å². The van der Waals surface area contributed by atoms with E-state index in [0.29, 0.717) is 13.0 Å². The molecule has 2 rings (SSSR count). The summed E-state index contributed by atoms with van der Waals surface area (Å²) in [6.45, 7) is 4.42. The molecule has 6 heteroatoms. The van der Waals surface area contributed by atoms with Gasteiger partial charge in [0, 0.05) is 18.8 Å². The zero-order valence-corrected chi connectivity index (χ0v) is 13.1. The average Bonchev–Trinajstić information content (AvgIpc) is 2.78. The lowest BCUT2D eigenvalue weighted by atomic mass is 10.2. The van der Waals surface area contributed by atoms with Crippen LogP contribution in [0.5, 0.6) is 0 Å². The Bertz CT molecular complexity index is 627. The summed E-state index contributed by atoms with van der Waals surface area (Å²) in [6.07, 6.45) is 8.80. The van der Waals surface area contributed by atoms with Crippen LogP contribution in [0.15, 0.2) is 67.2 Å². The Labute approximate surface area is 132 Å². The summed E-state index contributed by atoms with van der Waals surface area (Å²) in [7, 11) is 1.71. The van der Waals surface area contributed by atoms with Crippen molar-refractivity contribution < 1.29 is 4.39 Å². The average molecular weight is 324 g/mol. The van der Waals surface area contributed by atoms with Gasteiger partial charge in [-0.3, -0.25) is 9.98 Å². The van der Waals surface area contributed by atoms with E-state index in [1.807, 2.05) is 0 Å². The van der Waals surface area contributed by atoms with Gasteiger partial charge in [0.2, 0.25) is 0 Å². The van der Waals surface area contributed by atoms with E-state index in [4.69, 9.17) is 11.6 Å². The minimum absolute atomic E-state index is 0.140. The Hall–Kier alpha value is -1.59. The molecule has 0 radical (unpaired) electrons. The molecule has 3 nitrogen and oxygen atoms in total. The molecule has 0 aromatic heterocycles. The second-order valence-electron chi connectivity index (χ2n) is 4.19. The van der Waals surface area contributed by atoms with Crippen molar-refractivity contribution in [2.45, 2.75) is 6.42 Å². The summed E-state index contributed by atoms with van der Waals surface area (Å²) in [4.78, 5) is 9.58. The third-order valence-electron chi connectivity index (χ3n) is 2.84. The summed E-state index contributed by atoms with van der Waals surface area (Å²) in [5.74, 6) is 0.321. The van der Waals surface area contributed by atoms with Crippen molar-refractivity contribution in [3.05, 3.63) is 57.2 Å². The smallest absolute Gasteiger partial charge is 0.141 e. The predicted molar refractivity (Wildman–Crippen MR) is 90.5 cm³/mol. The van der Waals surface area contributed by atoms with Crippen LogP contribution in [-0.2, 0) is 0 Å².